The third kappa shape index (κ3) is 6.58. The second-order valence-electron chi connectivity index (χ2n) is 9.93. The number of ether oxygens (including phenoxy) is 1. The van der Waals surface area contributed by atoms with E-state index in [1.807, 2.05) is 24.3 Å². The molecular weight excluding hydrogens is 491 g/mol. The molecule has 37 heavy (non-hydrogen) atoms. The number of methoxy groups -OCH3 is 1. The molecule has 0 saturated carbocycles. The van der Waals surface area contributed by atoms with Gasteiger partial charge >= 0.3 is 5.97 Å². The number of nitrogens with zero attached hydrogens (tertiary/aromatic N) is 3. The van der Waals surface area contributed by atoms with Crippen LogP contribution in [0, 0.1) is 5.41 Å². The molecule has 1 aliphatic heterocycles. The van der Waals surface area contributed by atoms with Crippen LogP contribution in [0.4, 0.5) is 4.39 Å². The number of likely N-dealkylation sites (tertiary alicyclic amines) is 1. The molecule has 7 nitrogen and oxygen atoms in total. The van der Waals surface area contributed by atoms with Crippen molar-refractivity contribution in [3.05, 3.63) is 65.6 Å². The number of halogens is 1. The molecule has 1 aliphatic rings. The number of benzene rings is 1. The topological polar surface area (TPSA) is 102 Å². The molecule has 9 heteroatoms. The molecule has 1 unspecified atom stereocenters. The molecule has 2 atom stereocenters. The van der Waals surface area contributed by atoms with Crippen LogP contribution in [0.1, 0.15) is 60.3 Å². The fraction of sp³-hybridized carbons (Fsp3) is 0.464. The van der Waals surface area contributed by atoms with E-state index in [-0.39, 0.29) is 24.6 Å². The summed E-state index contributed by atoms with van der Waals surface area (Å²) in [6.45, 7) is 2.40. The SMILES string of the molecule is COc1ccc2ncc(CN)c([C@@H](F)CCC3(CC(=O)O)CCN(CC(S)c4ccccn4)CC3)c2c1. The molecule has 0 spiro atoms. The molecule has 198 valence electrons. The lowest BCUT2D eigenvalue weighted by atomic mass is 9.71. The maximum atomic E-state index is 15.9. The number of carboxylic acids is 1. The predicted molar refractivity (Wildman–Crippen MR) is 146 cm³/mol. The Kier molecular flexibility index (Phi) is 9.00. The summed E-state index contributed by atoms with van der Waals surface area (Å²) in [5.41, 5.74) is 8.28. The van der Waals surface area contributed by atoms with Crippen LogP contribution >= 0.6 is 12.6 Å². The fourth-order valence-electron chi connectivity index (χ4n) is 5.43. The van der Waals surface area contributed by atoms with Crippen LogP contribution in [0.25, 0.3) is 10.9 Å². The summed E-state index contributed by atoms with van der Waals surface area (Å²) < 4.78 is 21.3. The van der Waals surface area contributed by atoms with Gasteiger partial charge in [-0.2, -0.15) is 12.6 Å². The number of fused-ring (bicyclic) bond motifs is 1. The number of alkyl halides is 1. The molecule has 1 fully saturated rings. The van der Waals surface area contributed by atoms with Gasteiger partial charge in [-0.15, -0.1) is 0 Å². The van der Waals surface area contributed by atoms with E-state index in [0.717, 1.165) is 25.3 Å². The summed E-state index contributed by atoms with van der Waals surface area (Å²) in [5, 5.41) is 10.4. The number of nitrogens with two attached hydrogens (primary N) is 1. The number of thiol groups is 1. The standard InChI is InChI=1S/C28H35FN4O3S/c1-36-20-5-6-23-21(14-20)27(19(16-30)17-32-23)22(29)7-8-28(15-26(34)35)9-12-33(13-10-28)18-25(37)24-4-2-3-11-31-24/h2-6,11,14,17,22,25,37H,7-10,12-13,15-16,18,30H2,1H3,(H,34,35)/t22-,25?/m0/s1. The summed E-state index contributed by atoms with van der Waals surface area (Å²) in [6, 6.07) is 11.2. The van der Waals surface area contributed by atoms with Gasteiger partial charge in [-0.25, -0.2) is 4.39 Å². The van der Waals surface area contributed by atoms with E-state index < -0.39 is 17.6 Å². The number of rotatable bonds is 11. The van der Waals surface area contributed by atoms with E-state index in [0.29, 0.717) is 47.0 Å². The minimum Gasteiger partial charge on any atom is -0.497 e. The number of piperidine rings is 1. The Morgan fingerprint density at radius 2 is 2.05 bits per heavy atom. The van der Waals surface area contributed by atoms with E-state index in [1.165, 1.54) is 0 Å². The van der Waals surface area contributed by atoms with Crippen molar-refractivity contribution in [3.8, 4) is 5.75 Å². The quantitative estimate of drug-likeness (QED) is 0.298. The van der Waals surface area contributed by atoms with Crippen LogP contribution in [-0.4, -0.2) is 52.7 Å². The lowest BCUT2D eigenvalue weighted by Crippen LogP contribution is -2.42. The summed E-state index contributed by atoms with van der Waals surface area (Å²) in [5.74, 6) is -0.217. The second kappa shape index (κ2) is 12.2. The molecule has 4 rings (SSSR count). The number of hydrogen-bond donors (Lipinski definition) is 3. The Morgan fingerprint density at radius 1 is 1.27 bits per heavy atom. The predicted octanol–water partition coefficient (Wildman–Crippen LogP) is 5.12. The van der Waals surface area contributed by atoms with Crippen molar-refractivity contribution in [2.75, 3.05) is 26.7 Å². The number of hydrogen-bond acceptors (Lipinski definition) is 7. The zero-order chi connectivity index (χ0) is 26.4. The van der Waals surface area contributed by atoms with Crippen LogP contribution in [0.2, 0.25) is 0 Å². The van der Waals surface area contributed by atoms with Crippen LogP contribution in [0.5, 0.6) is 5.75 Å². The maximum absolute atomic E-state index is 15.9. The van der Waals surface area contributed by atoms with E-state index in [2.05, 4.69) is 14.9 Å². The Balaban J connectivity index is 1.47. The van der Waals surface area contributed by atoms with Crippen molar-refractivity contribution in [2.24, 2.45) is 11.1 Å². The van der Waals surface area contributed by atoms with Crippen molar-refractivity contribution in [1.29, 1.82) is 0 Å². The molecule has 3 aromatic rings. The molecule has 1 aromatic carbocycles. The van der Waals surface area contributed by atoms with Gasteiger partial charge < -0.3 is 20.5 Å². The highest BCUT2D eigenvalue weighted by Gasteiger charge is 2.37. The highest BCUT2D eigenvalue weighted by molar-refractivity contribution is 7.80. The fourth-order valence-corrected chi connectivity index (χ4v) is 5.81. The summed E-state index contributed by atoms with van der Waals surface area (Å²) in [7, 11) is 1.57. The molecule has 0 radical (unpaired) electrons. The maximum Gasteiger partial charge on any atom is 0.303 e. The van der Waals surface area contributed by atoms with Crippen molar-refractivity contribution in [2.45, 2.75) is 50.1 Å². The van der Waals surface area contributed by atoms with Crippen LogP contribution in [0.15, 0.2) is 48.8 Å². The Hall–Kier alpha value is -2.75. The Morgan fingerprint density at radius 3 is 2.70 bits per heavy atom. The smallest absolute Gasteiger partial charge is 0.303 e. The first-order valence-electron chi connectivity index (χ1n) is 12.7. The average Bonchev–Trinajstić information content (AvgIpc) is 2.92. The first-order chi connectivity index (χ1) is 17.8. The lowest BCUT2D eigenvalue weighted by molar-refractivity contribution is -0.141. The van der Waals surface area contributed by atoms with Crippen molar-refractivity contribution < 1.29 is 19.0 Å². The van der Waals surface area contributed by atoms with Gasteiger partial charge in [0.25, 0.3) is 0 Å². The third-order valence-electron chi connectivity index (χ3n) is 7.56. The number of carbonyl (C=O) groups is 1. The molecule has 0 aliphatic carbocycles. The molecule has 3 N–H and O–H groups in total. The normalized spacial score (nSPS) is 17.4. The van der Waals surface area contributed by atoms with Gasteiger partial charge in [0.1, 0.15) is 11.9 Å². The molecule has 2 aromatic heterocycles. The molecule has 3 heterocycles. The van der Waals surface area contributed by atoms with Gasteiger partial charge in [-0.05, 0) is 80.1 Å². The molecule has 0 amide bonds. The third-order valence-corrected chi connectivity index (χ3v) is 7.99. The van der Waals surface area contributed by atoms with E-state index >= 15 is 4.39 Å². The zero-order valence-electron chi connectivity index (χ0n) is 21.1. The lowest BCUT2D eigenvalue weighted by Gasteiger charge is -2.42. The van der Waals surface area contributed by atoms with Crippen molar-refractivity contribution in [1.82, 2.24) is 14.9 Å². The number of carboxylic acid groups (broad SMARTS) is 1. The van der Waals surface area contributed by atoms with E-state index in [1.54, 1.807) is 31.6 Å². The van der Waals surface area contributed by atoms with Gasteiger partial charge in [0.05, 0.1) is 30.0 Å². The van der Waals surface area contributed by atoms with Gasteiger partial charge in [-0.3, -0.25) is 14.8 Å². The Labute approximate surface area is 222 Å². The first-order valence-corrected chi connectivity index (χ1v) is 13.2. The number of pyridine rings is 2. The summed E-state index contributed by atoms with van der Waals surface area (Å²) >= 11 is 4.73. The van der Waals surface area contributed by atoms with Crippen LogP contribution in [0.3, 0.4) is 0 Å². The van der Waals surface area contributed by atoms with Crippen LogP contribution in [-0.2, 0) is 11.3 Å². The van der Waals surface area contributed by atoms with Crippen molar-refractivity contribution in [3.63, 3.8) is 0 Å². The summed E-state index contributed by atoms with van der Waals surface area (Å²) in [6.07, 6.45) is 4.25. The monoisotopic (exact) mass is 526 g/mol. The number of aliphatic carboxylic acids is 1. The largest absolute Gasteiger partial charge is 0.497 e. The highest BCUT2D eigenvalue weighted by Crippen LogP contribution is 2.43. The minimum absolute atomic E-state index is 0.0185. The van der Waals surface area contributed by atoms with Gasteiger partial charge in [-0.1, -0.05) is 6.07 Å². The zero-order valence-corrected chi connectivity index (χ0v) is 22.0. The minimum atomic E-state index is -1.29. The molecular formula is C28H35FN4O3S. The van der Waals surface area contributed by atoms with Gasteiger partial charge in [0.2, 0.25) is 0 Å². The number of aromatic nitrogens is 2. The van der Waals surface area contributed by atoms with E-state index in [4.69, 9.17) is 23.1 Å². The first kappa shape index (κ1) is 27.3. The molecule has 1 saturated heterocycles. The Bertz CT molecular complexity index is 1200. The van der Waals surface area contributed by atoms with Gasteiger partial charge in [0, 0.05) is 36.4 Å². The highest BCUT2D eigenvalue weighted by atomic mass is 32.1. The van der Waals surface area contributed by atoms with E-state index in [9.17, 15) is 9.90 Å². The van der Waals surface area contributed by atoms with Gasteiger partial charge in [0.15, 0.2) is 0 Å². The van der Waals surface area contributed by atoms with Crippen molar-refractivity contribution >= 4 is 29.5 Å². The molecule has 0 bridgehead atoms. The van der Waals surface area contributed by atoms with Crippen LogP contribution < -0.4 is 10.5 Å². The average molecular weight is 527 g/mol. The summed E-state index contributed by atoms with van der Waals surface area (Å²) in [4.78, 5) is 22.9. The second-order valence-corrected chi connectivity index (χ2v) is 10.6.